The quantitative estimate of drug-likeness (QED) is 0.853. The molecule has 4 nitrogen and oxygen atoms in total. The number of benzene rings is 2. The maximum Gasteiger partial charge on any atom is 0.241 e. The molecule has 0 unspecified atom stereocenters. The van der Waals surface area contributed by atoms with E-state index in [4.69, 9.17) is 17.3 Å². The second-order valence-electron chi connectivity index (χ2n) is 4.45. The van der Waals surface area contributed by atoms with Crippen LogP contribution in [0.5, 0.6) is 0 Å². The summed E-state index contributed by atoms with van der Waals surface area (Å²) < 4.78 is 27.1. The van der Waals surface area contributed by atoms with Gasteiger partial charge < -0.3 is 5.73 Å². The van der Waals surface area contributed by atoms with Crippen LogP contribution in [-0.4, -0.2) is 8.42 Å². The first kappa shape index (κ1) is 14.8. The van der Waals surface area contributed by atoms with Crippen LogP contribution in [0.4, 0.5) is 5.69 Å². The number of sulfonamides is 1. The molecule has 0 atom stereocenters. The van der Waals surface area contributed by atoms with Gasteiger partial charge in [-0.1, -0.05) is 41.9 Å². The molecular formula is C14H15ClN2O2S. The van der Waals surface area contributed by atoms with E-state index < -0.39 is 10.0 Å². The van der Waals surface area contributed by atoms with Crippen LogP contribution in [0, 0.1) is 6.92 Å². The van der Waals surface area contributed by atoms with Crippen molar-refractivity contribution in [1.29, 1.82) is 0 Å². The van der Waals surface area contributed by atoms with Crippen molar-refractivity contribution in [3.8, 4) is 0 Å². The van der Waals surface area contributed by atoms with E-state index in [1.165, 1.54) is 6.07 Å². The van der Waals surface area contributed by atoms with E-state index in [1.807, 2.05) is 30.3 Å². The minimum Gasteiger partial charge on any atom is -0.397 e. The van der Waals surface area contributed by atoms with E-state index in [9.17, 15) is 8.42 Å². The highest BCUT2D eigenvalue weighted by molar-refractivity contribution is 7.89. The highest BCUT2D eigenvalue weighted by Crippen LogP contribution is 2.26. The van der Waals surface area contributed by atoms with Gasteiger partial charge in [-0.05, 0) is 30.2 Å². The van der Waals surface area contributed by atoms with Gasteiger partial charge in [0.05, 0.1) is 15.6 Å². The molecule has 2 rings (SSSR count). The average molecular weight is 311 g/mol. The minimum absolute atomic E-state index is 0.148. The van der Waals surface area contributed by atoms with Gasteiger partial charge in [0.2, 0.25) is 10.0 Å². The van der Waals surface area contributed by atoms with Crippen LogP contribution in [0.1, 0.15) is 11.1 Å². The zero-order valence-electron chi connectivity index (χ0n) is 10.9. The Labute approximate surface area is 123 Å². The zero-order chi connectivity index (χ0) is 14.8. The third kappa shape index (κ3) is 3.30. The number of rotatable bonds is 4. The number of nitrogens with two attached hydrogens (primary N) is 1. The normalized spacial score (nSPS) is 11.5. The molecule has 106 valence electrons. The van der Waals surface area contributed by atoms with E-state index in [-0.39, 0.29) is 17.1 Å². The number of hydrogen-bond donors (Lipinski definition) is 2. The Bertz CT molecular complexity index is 715. The summed E-state index contributed by atoms with van der Waals surface area (Å²) in [6, 6.07) is 12.2. The van der Waals surface area contributed by atoms with E-state index in [1.54, 1.807) is 13.0 Å². The summed E-state index contributed by atoms with van der Waals surface area (Å²) in [6.45, 7) is 1.91. The second-order valence-corrected chi connectivity index (χ2v) is 6.59. The lowest BCUT2D eigenvalue weighted by molar-refractivity contribution is 0.580. The fourth-order valence-corrected chi connectivity index (χ4v) is 3.31. The Morgan fingerprint density at radius 2 is 1.85 bits per heavy atom. The maximum absolute atomic E-state index is 12.3. The number of halogens is 1. The van der Waals surface area contributed by atoms with Crippen LogP contribution < -0.4 is 10.5 Å². The molecule has 0 spiro atoms. The highest BCUT2D eigenvalue weighted by atomic mass is 35.5. The first-order valence-electron chi connectivity index (χ1n) is 5.99. The van der Waals surface area contributed by atoms with Gasteiger partial charge in [0.1, 0.15) is 0 Å². The Morgan fingerprint density at radius 1 is 1.20 bits per heavy atom. The van der Waals surface area contributed by atoms with Crippen LogP contribution >= 0.6 is 11.6 Å². The van der Waals surface area contributed by atoms with Gasteiger partial charge in [0.15, 0.2) is 0 Å². The van der Waals surface area contributed by atoms with Gasteiger partial charge in [0.25, 0.3) is 0 Å². The summed E-state index contributed by atoms with van der Waals surface area (Å²) in [6.07, 6.45) is 0. The van der Waals surface area contributed by atoms with Gasteiger partial charge >= 0.3 is 0 Å². The van der Waals surface area contributed by atoms with E-state index in [0.717, 1.165) is 5.56 Å². The summed E-state index contributed by atoms with van der Waals surface area (Å²) in [5.74, 6) is 0. The molecule has 0 fully saturated rings. The summed E-state index contributed by atoms with van der Waals surface area (Å²) in [5.41, 5.74) is 7.36. The number of hydrogen-bond acceptors (Lipinski definition) is 3. The molecule has 3 N–H and O–H groups in total. The standard InChI is InChI=1S/C14H15ClN2O2S/c1-10-7-12(15)13(16)8-14(10)20(18,19)17-9-11-5-3-2-4-6-11/h2-8,17H,9,16H2,1H3. The Morgan fingerprint density at radius 3 is 2.50 bits per heavy atom. The van der Waals surface area contributed by atoms with Crippen molar-refractivity contribution in [3.63, 3.8) is 0 Å². The van der Waals surface area contributed by atoms with Crippen LogP contribution in [0.25, 0.3) is 0 Å². The number of aryl methyl sites for hydroxylation is 1. The van der Waals surface area contributed by atoms with Crippen molar-refractivity contribution in [2.24, 2.45) is 0 Å². The van der Waals surface area contributed by atoms with Crippen LogP contribution in [-0.2, 0) is 16.6 Å². The Hall–Kier alpha value is -1.56. The minimum atomic E-state index is -3.62. The van der Waals surface area contributed by atoms with E-state index in [2.05, 4.69) is 4.72 Å². The van der Waals surface area contributed by atoms with Crippen molar-refractivity contribution in [2.75, 3.05) is 5.73 Å². The van der Waals surface area contributed by atoms with Crippen molar-refractivity contribution >= 4 is 27.3 Å². The van der Waals surface area contributed by atoms with Gasteiger partial charge in [-0.2, -0.15) is 0 Å². The number of anilines is 1. The molecule has 2 aromatic carbocycles. The summed E-state index contributed by atoms with van der Waals surface area (Å²) in [5, 5.41) is 0.351. The predicted molar refractivity (Wildman–Crippen MR) is 81.1 cm³/mol. The molecule has 0 heterocycles. The van der Waals surface area contributed by atoms with Crippen molar-refractivity contribution in [1.82, 2.24) is 4.72 Å². The smallest absolute Gasteiger partial charge is 0.241 e. The second kappa shape index (κ2) is 5.83. The molecular weight excluding hydrogens is 296 g/mol. The van der Waals surface area contributed by atoms with Gasteiger partial charge in [0, 0.05) is 6.54 Å². The molecule has 0 saturated heterocycles. The fourth-order valence-electron chi connectivity index (χ4n) is 1.81. The lowest BCUT2D eigenvalue weighted by Gasteiger charge is -2.11. The maximum atomic E-state index is 12.3. The molecule has 0 saturated carbocycles. The molecule has 6 heteroatoms. The average Bonchev–Trinajstić information content (AvgIpc) is 2.42. The molecule has 0 radical (unpaired) electrons. The first-order chi connectivity index (χ1) is 9.40. The molecule has 20 heavy (non-hydrogen) atoms. The van der Waals surface area contributed by atoms with Gasteiger partial charge in [-0.15, -0.1) is 0 Å². The third-order valence-corrected chi connectivity index (χ3v) is 4.76. The lowest BCUT2D eigenvalue weighted by Crippen LogP contribution is -2.24. The van der Waals surface area contributed by atoms with Crippen LogP contribution in [0.2, 0.25) is 5.02 Å². The molecule has 0 aliphatic rings. The van der Waals surface area contributed by atoms with E-state index >= 15 is 0 Å². The summed E-state index contributed by atoms with van der Waals surface area (Å²) in [4.78, 5) is 0.148. The monoisotopic (exact) mass is 310 g/mol. The third-order valence-electron chi connectivity index (χ3n) is 2.89. The zero-order valence-corrected chi connectivity index (χ0v) is 12.5. The topological polar surface area (TPSA) is 72.2 Å². The van der Waals surface area contributed by atoms with Crippen molar-refractivity contribution in [3.05, 3.63) is 58.6 Å². The predicted octanol–water partition coefficient (Wildman–Crippen LogP) is 2.71. The van der Waals surface area contributed by atoms with Crippen molar-refractivity contribution < 1.29 is 8.42 Å². The Kier molecular flexibility index (Phi) is 4.32. The SMILES string of the molecule is Cc1cc(Cl)c(N)cc1S(=O)(=O)NCc1ccccc1. The van der Waals surface area contributed by atoms with Crippen LogP contribution in [0.3, 0.4) is 0 Å². The fraction of sp³-hybridized carbons (Fsp3) is 0.143. The van der Waals surface area contributed by atoms with Crippen LogP contribution in [0.15, 0.2) is 47.4 Å². The molecule has 2 aromatic rings. The van der Waals surface area contributed by atoms with E-state index in [0.29, 0.717) is 10.6 Å². The largest absolute Gasteiger partial charge is 0.397 e. The summed E-state index contributed by atoms with van der Waals surface area (Å²) >= 11 is 5.87. The number of nitrogens with one attached hydrogen (secondary N) is 1. The molecule has 0 amide bonds. The summed E-state index contributed by atoms with van der Waals surface area (Å²) in [7, 11) is -3.62. The molecule has 0 aliphatic heterocycles. The Balaban J connectivity index is 2.25. The highest BCUT2D eigenvalue weighted by Gasteiger charge is 2.18. The van der Waals surface area contributed by atoms with Crippen molar-refractivity contribution in [2.45, 2.75) is 18.4 Å². The number of nitrogen functional groups attached to an aromatic ring is 1. The molecule has 0 bridgehead atoms. The molecule has 0 aliphatic carbocycles. The van der Waals surface area contributed by atoms with Gasteiger partial charge in [-0.25, -0.2) is 13.1 Å². The van der Waals surface area contributed by atoms with Gasteiger partial charge in [-0.3, -0.25) is 0 Å². The lowest BCUT2D eigenvalue weighted by atomic mass is 10.2. The molecule has 0 aromatic heterocycles. The first-order valence-corrected chi connectivity index (χ1v) is 7.85.